The lowest BCUT2D eigenvalue weighted by Gasteiger charge is -2.14. The molecule has 0 aliphatic carbocycles. The van der Waals surface area contributed by atoms with Crippen LogP contribution < -0.4 is 4.74 Å². The van der Waals surface area contributed by atoms with Crippen molar-refractivity contribution in [2.24, 2.45) is 0 Å². The third-order valence-electron chi connectivity index (χ3n) is 2.76. The largest absolute Gasteiger partial charge is 0.435 e. The van der Waals surface area contributed by atoms with Gasteiger partial charge in [0, 0.05) is 5.56 Å². The summed E-state index contributed by atoms with van der Waals surface area (Å²) in [7, 11) is 0. The summed E-state index contributed by atoms with van der Waals surface area (Å²) in [6, 6.07) is 6.77. The van der Waals surface area contributed by atoms with Gasteiger partial charge in [0.2, 0.25) is 0 Å². The molecule has 0 heterocycles. The summed E-state index contributed by atoms with van der Waals surface area (Å²) < 4.78 is 55.3. The molecule has 21 heavy (non-hydrogen) atoms. The summed E-state index contributed by atoms with van der Waals surface area (Å²) in [5.74, 6) is -1.60. The van der Waals surface area contributed by atoms with E-state index in [9.17, 15) is 22.7 Å². The maximum atomic E-state index is 13.7. The Morgan fingerprint density at radius 3 is 2.19 bits per heavy atom. The first-order valence-corrected chi connectivity index (χ1v) is 6.55. The van der Waals surface area contributed by atoms with Crippen molar-refractivity contribution >= 4 is 15.9 Å². The highest BCUT2D eigenvalue weighted by Gasteiger charge is 2.18. The molecule has 0 saturated carbocycles. The Morgan fingerprint density at radius 1 is 1.00 bits per heavy atom. The lowest BCUT2D eigenvalue weighted by atomic mass is 10.0. The van der Waals surface area contributed by atoms with Crippen LogP contribution in [-0.2, 0) is 0 Å². The van der Waals surface area contributed by atoms with Gasteiger partial charge >= 0.3 is 6.61 Å². The molecular weight excluding hydrogens is 356 g/mol. The maximum absolute atomic E-state index is 13.7. The van der Waals surface area contributed by atoms with Crippen LogP contribution in [0.15, 0.2) is 40.9 Å². The SMILES string of the molecule is OC(c1ccc(OC(F)F)cc1)c1cc(F)c(Br)cc1F. The van der Waals surface area contributed by atoms with E-state index in [-0.39, 0.29) is 21.3 Å². The fraction of sp³-hybridized carbons (Fsp3) is 0.143. The molecule has 7 heteroatoms. The first-order valence-electron chi connectivity index (χ1n) is 5.75. The fourth-order valence-electron chi connectivity index (χ4n) is 1.76. The number of ether oxygens (including phenoxy) is 1. The molecule has 112 valence electrons. The van der Waals surface area contributed by atoms with E-state index in [1.807, 2.05) is 0 Å². The van der Waals surface area contributed by atoms with E-state index in [0.717, 1.165) is 12.1 Å². The summed E-state index contributed by atoms with van der Waals surface area (Å²) >= 11 is 2.83. The van der Waals surface area contributed by atoms with Gasteiger partial charge in [0.1, 0.15) is 23.5 Å². The number of aliphatic hydroxyl groups excluding tert-OH is 1. The average molecular weight is 365 g/mol. The summed E-state index contributed by atoms with van der Waals surface area (Å²) in [6.07, 6.45) is -1.42. The molecule has 1 atom stereocenters. The molecule has 0 radical (unpaired) electrons. The average Bonchev–Trinajstić information content (AvgIpc) is 2.42. The second-order valence-electron chi connectivity index (χ2n) is 4.14. The van der Waals surface area contributed by atoms with Crippen LogP contribution >= 0.6 is 15.9 Å². The van der Waals surface area contributed by atoms with Crippen LogP contribution in [0, 0.1) is 11.6 Å². The molecule has 0 amide bonds. The maximum Gasteiger partial charge on any atom is 0.387 e. The first kappa shape index (κ1) is 15.8. The van der Waals surface area contributed by atoms with Crippen LogP contribution in [0.2, 0.25) is 0 Å². The molecule has 0 saturated heterocycles. The van der Waals surface area contributed by atoms with Crippen LogP contribution in [0.4, 0.5) is 17.6 Å². The Morgan fingerprint density at radius 2 is 1.62 bits per heavy atom. The molecular formula is C14H9BrF4O2. The summed E-state index contributed by atoms with van der Waals surface area (Å²) in [5, 5.41) is 10.0. The van der Waals surface area contributed by atoms with Crippen LogP contribution in [-0.4, -0.2) is 11.7 Å². The van der Waals surface area contributed by atoms with Crippen LogP contribution in [0.25, 0.3) is 0 Å². The number of hydrogen-bond donors (Lipinski definition) is 1. The minimum atomic E-state index is -2.96. The van der Waals surface area contributed by atoms with Gasteiger partial charge in [0.05, 0.1) is 4.47 Å². The molecule has 0 spiro atoms. The van der Waals surface area contributed by atoms with Crippen molar-refractivity contribution in [2.75, 3.05) is 0 Å². The van der Waals surface area contributed by atoms with Gasteiger partial charge in [-0.05, 0) is 45.8 Å². The zero-order valence-corrected chi connectivity index (χ0v) is 12.0. The third-order valence-corrected chi connectivity index (χ3v) is 3.36. The number of aliphatic hydroxyl groups is 1. The molecule has 2 aromatic carbocycles. The van der Waals surface area contributed by atoms with E-state index in [4.69, 9.17) is 0 Å². The Labute approximate surface area is 126 Å². The van der Waals surface area contributed by atoms with Crippen molar-refractivity contribution in [3.05, 3.63) is 63.6 Å². The second-order valence-corrected chi connectivity index (χ2v) is 4.99. The van der Waals surface area contributed by atoms with Gasteiger partial charge in [0.25, 0.3) is 0 Å². The lowest BCUT2D eigenvalue weighted by molar-refractivity contribution is -0.0498. The Kier molecular flexibility index (Phi) is 4.84. The van der Waals surface area contributed by atoms with E-state index in [2.05, 4.69) is 20.7 Å². The Balaban J connectivity index is 2.27. The van der Waals surface area contributed by atoms with Crippen molar-refractivity contribution < 1.29 is 27.4 Å². The van der Waals surface area contributed by atoms with Gasteiger partial charge in [0.15, 0.2) is 0 Å². The molecule has 1 N–H and O–H groups in total. The standard InChI is InChI=1S/C14H9BrF4O2/c15-10-6-11(16)9(5-12(10)17)13(20)7-1-3-8(4-2-7)21-14(18)19/h1-6,13-14,20H. The summed E-state index contributed by atoms with van der Waals surface area (Å²) in [4.78, 5) is 0. The monoisotopic (exact) mass is 364 g/mol. The number of hydrogen-bond acceptors (Lipinski definition) is 2. The number of rotatable bonds is 4. The zero-order chi connectivity index (χ0) is 15.6. The van der Waals surface area contributed by atoms with Crippen LogP contribution in [0.3, 0.4) is 0 Å². The zero-order valence-electron chi connectivity index (χ0n) is 10.4. The van der Waals surface area contributed by atoms with E-state index >= 15 is 0 Å². The van der Waals surface area contributed by atoms with Gasteiger partial charge in [-0.3, -0.25) is 0 Å². The second kappa shape index (κ2) is 6.44. The lowest BCUT2D eigenvalue weighted by Crippen LogP contribution is -2.05. The highest BCUT2D eigenvalue weighted by molar-refractivity contribution is 9.10. The van der Waals surface area contributed by atoms with Crippen molar-refractivity contribution in [3.8, 4) is 5.75 Å². The summed E-state index contributed by atoms with van der Waals surface area (Å²) in [5.41, 5.74) is -0.0320. The van der Waals surface area contributed by atoms with E-state index in [1.165, 1.54) is 24.3 Å². The van der Waals surface area contributed by atoms with E-state index < -0.39 is 24.3 Å². The summed E-state index contributed by atoms with van der Waals surface area (Å²) in [6.45, 7) is -2.96. The van der Waals surface area contributed by atoms with E-state index in [1.54, 1.807) is 0 Å². The quantitative estimate of drug-likeness (QED) is 0.643. The Hall–Kier alpha value is -1.60. The molecule has 0 fully saturated rings. The number of alkyl halides is 2. The number of halogens is 5. The predicted molar refractivity (Wildman–Crippen MR) is 71.2 cm³/mol. The minimum absolute atomic E-state index is 0.0587. The Bertz CT molecular complexity index is 632. The van der Waals surface area contributed by atoms with Gasteiger partial charge in [-0.1, -0.05) is 12.1 Å². The fourth-order valence-corrected chi connectivity index (χ4v) is 2.07. The van der Waals surface area contributed by atoms with Crippen LogP contribution in [0.5, 0.6) is 5.75 Å². The highest BCUT2D eigenvalue weighted by Crippen LogP contribution is 2.29. The van der Waals surface area contributed by atoms with Gasteiger partial charge in [-0.25, -0.2) is 8.78 Å². The topological polar surface area (TPSA) is 29.5 Å². The van der Waals surface area contributed by atoms with Crippen molar-refractivity contribution in [3.63, 3.8) is 0 Å². The van der Waals surface area contributed by atoms with E-state index in [0.29, 0.717) is 0 Å². The molecule has 0 bridgehead atoms. The molecule has 2 rings (SSSR count). The first-order chi connectivity index (χ1) is 9.88. The molecule has 2 aromatic rings. The van der Waals surface area contributed by atoms with Crippen molar-refractivity contribution in [2.45, 2.75) is 12.7 Å². The number of benzene rings is 2. The predicted octanol–water partition coefficient (Wildman–Crippen LogP) is 4.41. The van der Waals surface area contributed by atoms with Gasteiger partial charge in [-0.15, -0.1) is 0 Å². The molecule has 0 aromatic heterocycles. The highest BCUT2D eigenvalue weighted by atomic mass is 79.9. The van der Waals surface area contributed by atoms with Crippen LogP contribution in [0.1, 0.15) is 17.2 Å². The van der Waals surface area contributed by atoms with Gasteiger partial charge in [-0.2, -0.15) is 8.78 Å². The molecule has 1 unspecified atom stereocenters. The smallest absolute Gasteiger partial charge is 0.387 e. The molecule has 0 aliphatic heterocycles. The van der Waals surface area contributed by atoms with Crippen molar-refractivity contribution in [1.29, 1.82) is 0 Å². The molecule has 0 aliphatic rings. The minimum Gasteiger partial charge on any atom is -0.435 e. The van der Waals surface area contributed by atoms with Gasteiger partial charge < -0.3 is 9.84 Å². The van der Waals surface area contributed by atoms with Crippen molar-refractivity contribution in [1.82, 2.24) is 0 Å². The third kappa shape index (κ3) is 3.74. The molecule has 2 nitrogen and oxygen atoms in total. The normalized spacial score (nSPS) is 12.5.